The smallest absolute Gasteiger partial charge is 0.133 e. The second kappa shape index (κ2) is 2.94. The summed E-state index contributed by atoms with van der Waals surface area (Å²) in [6.07, 6.45) is 2.44. The van der Waals surface area contributed by atoms with E-state index in [-0.39, 0.29) is 5.92 Å². The zero-order valence-electron chi connectivity index (χ0n) is 7.26. The normalized spacial score (nSPS) is 24.2. The molecule has 1 N–H and O–H groups in total. The molecular formula is C9H16O2. The van der Waals surface area contributed by atoms with Gasteiger partial charge in [0.25, 0.3) is 0 Å². The van der Waals surface area contributed by atoms with E-state index in [1.165, 1.54) is 0 Å². The summed E-state index contributed by atoms with van der Waals surface area (Å²) in [5.74, 6) is 0.575. The maximum absolute atomic E-state index is 10.9. The SMILES string of the molecule is CC(C)C1(O)CCC(=O)CC1. The molecule has 64 valence electrons. The van der Waals surface area contributed by atoms with Gasteiger partial charge in [-0.25, -0.2) is 0 Å². The zero-order chi connectivity index (χ0) is 8.48. The summed E-state index contributed by atoms with van der Waals surface area (Å²) in [4.78, 5) is 10.9. The van der Waals surface area contributed by atoms with Crippen LogP contribution >= 0.6 is 0 Å². The van der Waals surface area contributed by atoms with Crippen LogP contribution in [0, 0.1) is 5.92 Å². The molecule has 2 nitrogen and oxygen atoms in total. The molecule has 0 aromatic rings. The lowest BCUT2D eigenvalue weighted by Gasteiger charge is -2.35. The summed E-state index contributed by atoms with van der Waals surface area (Å²) in [5.41, 5.74) is -0.562. The van der Waals surface area contributed by atoms with Crippen LogP contribution in [-0.2, 0) is 4.79 Å². The van der Waals surface area contributed by atoms with E-state index in [9.17, 15) is 9.90 Å². The molecule has 0 unspecified atom stereocenters. The Morgan fingerprint density at radius 1 is 1.36 bits per heavy atom. The van der Waals surface area contributed by atoms with Crippen molar-refractivity contribution >= 4 is 5.78 Å². The van der Waals surface area contributed by atoms with Gasteiger partial charge in [0.2, 0.25) is 0 Å². The van der Waals surface area contributed by atoms with Crippen LogP contribution in [0.2, 0.25) is 0 Å². The third-order valence-corrected chi connectivity index (χ3v) is 2.75. The Hall–Kier alpha value is -0.370. The summed E-state index contributed by atoms with van der Waals surface area (Å²) in [7, 11) is 0. The number of Topliss-reactive ketones (excluding diaryl/α,β-unsaturated/α-hetero) is 1. The van der Waals surface area contributed by atoms with E-state index in [1.807, 2.05) is 13.8 Å². The molecule has 2 heteroatoms. The summed E-state index contributed by atoms with van der Waals surface area (Å²) in [6, 6.07) is 0. The summed E-state index contributed by atoms with van der Waals surface area (Å²) >= 11 is 0. The Kier molecular flexibility index (Phi) is 2.33. The minimum Gasteiger partial charge on any atom is -0.390 e. The molecular weight excluding hydrogens is 140 g/mol. The van der Waals surface area contributed by atoms with E-state index < -0.39 is 5.60 Å². The number of ketones is 1. The quantitative estimate of drug-likeness (QED) is 0.625. The van der Waals surface area contributed by atoms with Crippen LogP contribution in [0.25, 0.3) is 0 Å². The lowest BCUT2D eigenvalue weighted by Crippen LogP contribution is -2.39. The van der Waals surface area contributed by atoms with Gasteiger partial charge >= 0.3 is 0 Å². The van der Waals surface area contributed by atoms with Crippen LogP contribution in [0.3, 0.4) is 0 Å². The van der Waals surface area contributed by atoms with E-state index in [2.05, 4.69) is 0 Å². The van der Waals surface area contributed by atoms with Crippen molar-refractivity contribution in [2.24, 2.45) is 5.92 Å². The van der Waals surface area contributed by atoms with E-state index >= 15 is 0 Å². The minimum absolute atomic E-state index is 0.274. The second-order valence-electron chi connectivity index (χ2n) is 3.80. The zero-order valence-corrected chi connectivity index (χ0v) is 7.26. The highest BCUT2D eigenvalue weighted by Crippen LogP contribution is 2.32. The molecule has 0 saturated heterocycles. The predicted octanol–water partition coefficient (Wildman–Crippen LogP) is 1.52. The molecule has 1 fully saturated rings. The van der Waals surface area contributed by atoms with Gasteiger partial charge in [0.05, 0.1) is 5.60 Å². The van der Waals surface area contributed by atoms with Crippen LogP contribution in [-0.4, -0.2) is 16.5 Å². The van der Waals surface area contributed by atoms with Crippen LogP contribution in [0.1, 0.15) is 39.5 Å². The molecule has 1 saturated carbocycles. The molecule has 0 aromatic carbocycles. The average molecular weight is 156 g/mol. The maximum atomic E-state index is 10.9. The van der Waals surface area contributed by atoms with Crippen LogP contribution in [0.5, 0.6) is 0 Å². The van der Waals surface area contributed by atoms with Gasteiger partial charge in [-0.1, -0.05) is 13.8 Å². The number of rotatable bonds is 1. The summed E-state index contributed by atoms with van der Waals surface area (Å²) in [6.45, 7) is 4.02. The Morgan fingerprint density at radius 3 is 2.18 bits per heavy atom. The Labute approximate surface area is 67.6 Å². The van der Waals surface area contributed by atoms with Crippen LogP contribution in [0.15, 0.2) is 0 Å². The topological polar surface area (TPSA) is 37.3 Å². The standard InChI is InChI=1S/C9H16O2/c1-7(2)9(11)5-3-8(10)4-6-9/h7,11H,3-6H2,1-2H3. The first-order valence-electron chi connectivity index (χ1n) is 4.29. The van der Waals surface area contributed by atoms with Gasteiger partial charge < -0.3 is 5.11 Å². The van der Waals surface area contributed by atoms with Gasteiger partial charge in [-0.15, -0.1) is 0 Å². The molecule has 0 spiro atoms. The molecule has 0 aromatic heterocycles. The van der Waals surface area contributed by atoms with Crippen molar-refractivity contribution < 1.29 is 9.90 Å². The molecule has 0 heterocycles. The number of aliphatic hydroxyl groups is 1. The van der Waals surface area contributed by atoms with Crippen LogP contribution < -0.4 is 0 Å². The first kappa shape index (κ1) is 8.72. The number of carbonyl (C=O) groups is 1. The lowest BCUT2D eigenvalue weighted by molar-refractivity contribution is -0.127. The molecule has 1 aliphatic rings. The fraction of sp³-hybridized carbons (Fsp3) is 0.889. The summed E-state index contributed by atoms with van der Waals surface area (Å²) < 4.78 is 0. The van der Waals surface area contributed by atoms with E-state index in [0.717, 1.165) is 0 Å². The number of hydrogen-bond acceptors (Lipinski definition) is 2. The molecule has 0 radical (unpaired) electrons. The molecule has 0 amide bonds. The van der Waals surface area contributed by atoms with Crippen molar-refractivity contribution in [3.05, 3.63) is 0 Å². The lowest BCUT2D eigenvalue weighted by atomic mass is 9.77. The van der Waals surface area contributed by atoms with Gasteiger partial charge in [-0.05, 0) is 18.8 Å². The predicted molar refractivity (Wildman–Crippen MR) is 43.3 cm³/mol. The van der Waals surface area contributed by atoms with Gasteiger partial charge in [-0.3, -0.25) is 4.79 Å². The third kappa shape index (κ3) is 1.80. The molecule has 1 aliphatic carbocycles. The van der Waals surface area contributed by atoms with Crippen molar-refractivity contribution in [3.8, 4) is 0 Å². The van der Waals surface area contributed by atoms with Crippen molar-refractivity contribution in [1.29, 1.82) is 0 Å². The third-order valence-electron chi connectivity index (χ3n) is 2.75. The molecule has 11 heavy (non-hydrogen) atoms. The fourth-order valence-corrected chi connectivity index (χ4v) is 1.54. The Bertz CT molecular complexity index is 151. The van der Waals surface area contributed by atoms with E-state index in [1.54, 1.807) is 0 Å². The van der Waals surface area contributed by atoms with Crippen molar-refractivity contribution in [3.63, 3.8) is 0 Å². The highest BCUT2D eigenvalue weighted by atomic mass is 16.3. The van der Waals surface area contributed by atoms with Gasteiger partial charge in [-0.2, -0.15) is 0 Å². The largest absolute Gasteiger partial charge is 0.390 e. The first-order valence-corrected chi connectivity index (χ1v) is 4.29. The first-order chi connectivity index (χ1) is 5.04. The van der Waals surface area contributed by atoms with Crippen molar-refractivity contribution in [1.82, 2.24) is 0 Å². The maximum Gasteiger partial charge on any atom is 0.133 e. The Balaban J connectivity index is 2.55. The van der Waals surface area contributed by atoms with Crippen molar-refractivity contribution in [2.45, 2.75) is 45.1 Å². The minimum atomic E-state index is -0.562. The summed E-state index contributed by atoms with van der Waals surface area (Å²) in [5, 5.41) is 9.91. The number of hydrogen-bond donors (Lipinski definition) is 1. The molecule has 0 bridgehead atoms. The Morgan fingerprint density at radius 2 is 1.82 bits per heavy atom. The number of carbonyl (C=O) groups excluding carboxylic acids is 1. The highest BCUT2D eigenvalue weighted by Gasteiger charge is 2.34. The van der Waals surface area contributed by atoms with Gasteiger partial charge in [0, 0.05) is 12.8 Å². The molecule has 1 rings (SSSR count). The highest BCUT2D eigenvalue weighted by molar-refractivity contribution is 5.79. The van der Waals surface area contributed by atoms with E-state index in [0.29, 0.717) is 31.5 Å². The molecule has 0 atom stereocenters. The second-order valence-corrected chi connectivity index (χ2v) is 3.80. The van der Waals surface area contributed by atoms with Crippen LogP contribution in [0.4, 0.5) is 0 Å². The van der Waals surface area contributed by atoms with Crippen molar-refractivity contribution in [2.75, 3.05) is 0 Å². The van der Waals surface area contributed by atoms with Gasteiger partial charge in [0.15, 0.2) is 0 Å². The van der Waals surface area contributed by atoms with E-state index in [4.69, 9.17) is 0 Å². The molecule has 0 aliphatic heterocycles. The fourth-order valence-electron chi connectivity index (χ4n) is 1.54. The van der Waals surface area contributed by atoms with Gasteiger partial charge in [0.1, 0.15) is 5.78 Å². The average Bonchev–Trinajstić information content (AvgIpc) is 1.95. The monoisotopic (exact) mass is 156 g/mol.